The molecule has 0 aliphatic heterocycles. The van der Waals surface area contributed by atoms with E-state index in [-0.39, 0.29) is 0 Å². The van der Waals surface area contributed by atoms with Crippen LogP contribution in [0.15, 0.2) is 12.1 Å². The highest BCUT2D eigenvalue weighted by molar-refractivity contribution is 6.31. The summed E-state index contributed by atoms with van der Waals surface area (Å²) in [4.78, 5) is 0. The number of rotatable bonds is 10. The van der Waals surface area contributed by atoms with Crippen LogP contribution in [0.4, 0.5) is 0 Å². The summed E-state index contributed by atoms with van der Waals surface area (Å²) in [5.74, 6) is 1.52. The molecule has 4 heteroatoms. The van der Waals surface area contributed by atoms with E-state index in [2.05, 4.69) is 0 Å². The topological polar surface area (TPSA) is 44.5 Å². The SMILES string of the molecule is CCOc1cc(Cl)c(CCCCCCN)cc1OCC. The van der Waals surface area contributed by atoms with E-state index in [1.54, 1.807) is 0 Å². The Labute approximate surface area is 127 Å². The van der Waals surface area contributed by atoms with Gasteiger partial charge in [0.15, 0.2) is 11.5 Å². The van der Waals surface area contributed by atoms with Crippen LogP contribution >= 0.6 is 11.6 Å². The number of hydrogen-bond donors (Lipinski definition) is 1. The van der Waals surface area contributed by atoms with E-state index in [0.717, 1.165) is 47.9 Å². The molecule has 0 saturated heterocycles. The normalized spacial score (nSPS) is 10.6. The molecule has 1 rings (SSSR count). The lowest BCUT2D eigenvalue weighted by Crippen LogP contribution is -2.00. The minimum Gasteiger partial charge on any atom is -0.490 e. The summed E-state index contributed by atoms with van der Waals surface area (Å²) in [5, 5.41) is 0.760. The predicted octanol–water partition coefficient (Wildman–Crippen LogP) is 4.20. The molecule has 0 aliphatic carbocycles. The first-order valence-electron chi connectivity index (χ1n) is 7.51. The number of unbranched alkanes of at least 4 members (excludes halogenated alkanes) is 3. The summed E-state index contributed by atoms with van der Waals surface area (Å²) in [7, 11) is 0. The third-order valence-electron chi connectivity index (χ3n) is 3.11. The Kier molecular flexibility index (Phi) is 8.47. The van der Waals surface area contributed by atoms with Crippen molar-refractivity contribution in [1.82, 2.24) is 0 Å². The summed E-state index contributed by atoms with van der Waals surface area (Å²) in [6.45, 7) is 5.93. The maximum Gasteiger partial charge on any atom is 0.162 e. The second-order valence-corrected chi connectivity index (χ2v) is 5.12. The summed E-state index contributed by atoms with van der Waals surface area (Å²) < 4.78 is 11.2. The first kappa shape index (κ1) is 17.1. The van der Waals surface area contributed by atoms with Gasteiger partial charge in [-0.2, -0.15) is 0 Å². The average molecular weight is 300 g/mol. The van der Waals surface area contributed by atoms with Crippen LogP contribution in [-0.4, -0.2) is 19.8 Å². The van der Waals surface area contributed by atoms with Crippen LogP contribution in [-0.2, 0) is 6.42 Å². The molecule has 0 aromatic heterocycles. The second-order valence-electron chi connectivity index (χ2n) is 4.71. The minimum absolute atomic E-state index is 0.606. The molecule has 114 valence electrons. The number of halogens is 1. The second kappa shape index (κ2) is 9.89. The molecule has 2 N–H and O–H groups in total. The van der Waals surface area contributed by atoms with Crippen molar-refractivity contribution in [3.8, 4) is 11.5 Å². The molecule has 0 bridgehead atoms. The highest BCUT2D eigenvalue weighted by Gasteiger charge is 2.10. The standard InChI is InChI=1S/C16H26ClNO2/c1-3-19-15-11-13(9-7-5-6-8-10-18)14(17)12-16(15)20-4-2/h11-12H,3-10,18H2,1-2H3. The quantitative estimate of drug-likeness (QED) is 0.659. The lowest BCUT2D eigenvalue weighted by molar-refractivity contribution is 0.287. The van der Waals surface area contributed by atoms with Gasteiger partial charge in [-0.25, -0.2) is 0 Å². The zero-order valence-corrected chi connectivity index (χ0v) is 13.3. The predicted molar refractivity (Wildman–Crippen MR) is 85.0 cm³/mol. The molecule has 0 heterocycles. The van der Waals surface area contributed by atoms with Crippen molar-refractivity contribution >= 4 is 11.6 Å². The molecule has 0 fully saturated rings. The van der Waals surface area contributed by atoms with E-state index in [4.69, 9.17) is 26.8 Å². The maximum atomic E-state index is 6.32. The summed E-state index contributed by atoms with van der Waals surface area (Å²) in [5.41, 5.74) is 6.62. The van der Waals surface area contributed by atoms with Crippen LogP contribution in [0.25, 0.3) is 0 Å². The fourth-order valence-electron chi connectivity index (χ4n) is 2.12. The van der Waals surface area contributed by atoms with Crippen molar-refractivity contribution in [2.24, 2.45) is 5.73 Å². The average Bonchev–Trinajstić information content (AvgIpc) is 2.43. The lowest BCUT2D eigenvalue weighted by atomic mass is 10.1. The first-order chi connectivity index (χ1) is 9.72. The Morgan fingerprint density at radius 3 is 2.15 bits per heavy atom. The van der Waals surface area contributed by atoms with Gasteiger partial charge in [0, 0.05) is 11.1 Å². The first-order valence-corrected chi connectivity index (χ1v) is 7.88. The summed E-state index contributed by atoms with van der Waals surface area (Å²) in [6, 6.07) is 3.88. The Balaban J connectivity index is 2.67. The van der Waals surface area contributed by atoms with Gasteiger partial charge >= 0.3 is 0 Å². The van der Waals surface area contributed by atoms with Gasteiger partial charge in [0.1, 0.15) is 0 Å². The molecule has 0 radical (unpaired) electrons. The summed E-state index contributed by atoms with van der Waals surface area (Å²) in [6.07, 6.45) is 5.56. The van der Waals surface area contributed by atoms with Crippen molar-refractivity contribution in [3.63, 3.8) is 0 Å². The van der Waals surface area contributed by atoms with Crippen LogP contribution in [0.1, 0.15) is 45.1 Å². The molecule has 0 spiro atoms. The summed E-state index contributed by atoms with van der Waals surface area (Å²) >= 11 is 6.32. The largest absolute Gasteiger partial charge is 0.490 e. The van der Waals surface area contributed by atoms with Gasteiger partial charge in [-0.15, -0.1) is 0 Å². The Morgan fingerprint density at radius 1 is 0.950 bits per heavy atom. The zero-order valence-electron chi connectivity index (χ0n) is 12.6. The van der Waals surface area contributed by atoms with Gasteiger partial charge in [-0.3, -0.25) is 0 Å². The molecule has 0 aliphatic rings. The van der Waals surface area contributed by atoms with Crippen LogP contribution in [0, 0.1) is 0 Å². The van der Waals surface area contributed by atoms with Gasteiger partial charge in [0.05, 0.1) is 13.2 Å². The number of ether oxygens (including phenoxy) is 2. The van der Waals surface area contributed by atoms with Gasteiger partial charge < -0.3 is 15.2 Å². The van der Waals surface area contributed by atoms with E-state index in [1.807, 2.05) is 26.0 Å². The van der Waals surface area contributed by atoms with Crippen LogP contribution in [0.2, 0.25) is 5.02 Å². The van der Waals surface area contributed by atoms with Gasteiger partial charge in [0.2, 0.25) is 0 Å². The van der Waals surface area contributed by atoms with E-state index in [9.17, 15) is 0 Å². The van der Waals surface area contributed by atoms with Crippen LogP contribution in [0.3, 0.4) is 0 Å². The Hall–Kier alpha value is -0.930. The molecule has 0 atom stereocenters. The number of hydrogen-bond acceptors (Lipinski definition) is 3. The van der Waals surface area contributed by atoms with Crippen LogP contribution < -0.4 is 15.2 Å². The smallest absolute Gasteiger partial charge is 0.162 e. The minimum atomic E-state index is 0.606. The third kappa shape index (κ3) is 5.59. The molecule has 20 heavy (non-hydrogen) atoms. The third-order valence-corrected chi connectivity index (χ3v) is 3.46. The van der Waals surface area contributed by atoms with Crippen LogP contribution in [0.5, 0.6) is 11.5 Å². The number of nitrogens with two attached hydrogens (primary N) is 1. The molecule has 3 nitrogen and oxygen atoms in total. The molecule has 0 unspecified atom stereocenters. The monoisotopic (exact) mass is 299 g/mol. The van der Waals surface area contributed by atoms with Crippen molar-refractivity contribution in [1.29, 1.82) is 0 Å². The van der Waals surface area contributed by atoms with Gasteiger partial charge in [-0.05, 0) is 51.3 Å². The maximum absolute atomic E-state index is 6.32. The van der Waals surface area contributed by atoms with E-state index in [0.29, 0.717) is 13.2 Å². The number of aryl methyl sites for hydroxylation is 1. The molecule has 0 amide bonds. The lowest BCUT2D eigenvalue weighted by Gasteiger charge is -2.14. The molecular formula is C16H26ClNO2. The van der Waals surface area contributed by atoms with Gasteiger partial charge in [0.25, 0.3) is 0 Å². The molecular weight excluding hydrogens is 274 g/mol. The Bertz CT molecular complexity index is 396. The highest BCUT2D eigenvalue weighted by Crippen LogP contribution is 2.34. The molecule has 1 aromatic rings. The van der Waals surface area contributed by atoms with E-state index in [1.165, 1.54) is 12.8 Å². The van der Waals surface area contributed by atoms with Crippen molar-refractivity contribution < 1.29 is 9.47 Å². The molecule has 0 saturated carbocycles. The number of benzene rings is 1. The van der Waals surface area contributed by atoms with E-state index >= 15 is 0 Å². The fourth-order valence-corrected chi connectivity index (χ4v) is 2.37. The van der Waals surface area contributed by atoms with Crippen molar-refractivity contribution in [2.45, 2.75) is 46.0 Å². The molecule has 1 aromatic carbocycles. The highest BCUT2D eigenvalue weighted by atomic mass is 35.5. The zero-order chi connectivity index (χ0) is 14.8. The Morgan fingerprint density at radius 2 is 1.55 bits per heavy atom. The fraction of sp³-hybridized carbons (Fsp3) is 0.625. The van der Waals surface area contributed by atoms with Crippen molar-refractivity contribution in [2.75, 3.05) is 19.8 Å². The van der Waals surface area contributed by atoms with E-state index < -0.39 is 0 Å². The van der Waals surface area contributed by atoms with Crippen molar-refractivity contribution in [3.05, 3.63) is 22.7 Å². The van der Waals surface area contributed by atoms with Gasteiger partial charge in [-0.1, -0.05) is 24.4 Å².